The van der Waals surface area contributed by atoms with Crippen molar-refractivity contribution in [3.05, 3.63) is 83.2 Å². The minimum absolute atomic E-state index is 0.147. The second kappa shape index (κ2) is 8.87. The van der Waals surface area contributed by atoms with Crippen molar-refractivity contribution in [2.45, 2.75) is 31.2 Å². The highest BCUT2D eigenvalue weighted by Crippen LogP contribution is 2.49. The first-order valence-electron chi connectivity index (χ1n) is 11.4. The lowest BCUT2D eigenvalue weighted by Crippen LogP contribution is -2.26. The molecule has 0 aliphatic heterocycles. The van der Waals surface area contributed by atoms with Crippen molar-refractivity contribution in [3.8, 4) is 11.5 Å². The van der Waals surface area contributed by atoms with Gasteiger partial charge in [0, 0.05) is 36.4 Å². The smallest absolute Gasteiger partial charge is 0.324 e. The molecule has 2 unspecified atom stereocenters. The van der Waals surface area contributed by atoms with Gasteiger partial charge in [0.15, 0.2) is 11.5 Å². The van der Waals surface area contributed by atoms with Gasteiger partial charge in [-0.05, 0) is 31.5 Å². The van der Waals surface area contributed by atoms with Crippen LogP contribution in [-0.2, 0) is 10.2 Å². The topological polar surface area (TPSA) is 116 Å². The van der Waals surface area contributed by atoms with Gasteiger partial charge in [-0.25, -0.2) is 29.1 Å². The summed E-state index contributed by atoms with van der Waals surface area (Å²) in [5, 5.41) is 11.0. The number of fused-ring (bicyclic) bond motifs is 3. The second-order valence-corrected chi connectivity index (χ2v) is 9.37. The van der Waals surface area contributed by atoms with Crippen molar-refractivity contribution >= 4 is 28.8 Å². The number of halogens is 4. The normalized spacial score (nSPS) is 18.7. The van der Waals surface area contributed by atoms with Crippen molar-refractivity contribution in [2.24, 2.45) is 0 Å². The molecule has 1 amide bonds. The minimum atomic E-state index is -2.84. The van der Waals surface area contributed by atoms with Crippen LogP contribution < -0.4 is 5.32 Å². The summed E-state index contributed by atoms with van der Waals surface area (Å²) in [6, 6.07) is 5.80. The predicted molar refractivity (Wildman–Crippen MR) is 129 cm³/mol. The molecule has 0 spiro atoms. The maximum atomic E-state index is 14.1. The second-order valence-electron chi connectivity index (χ2n) is 8.96. The molecule has 38 heavy (non-hydrogen) atoms. The van der Waals surface area contributed by atoms with Gasteiger partial charge in [-0.1, -0.05) is 11.6 Å². The van der Waals surface area contributed by atoms with Gasteiger partial charge in [-0.15, -0.1) is 5.10 Å². The summed E-state index contributed by atoms with van der Waals surface area (Å²) in [6.45, 7) is -1.09. The molecule has 0 radical (unpaired) electrons. The first-order valence-corrected chi connectivity index (χ1v) is 11.7. The molecule has 14 heteroatoms. The van der Waals surface area contributed by atoms with Gasteiger partial charge < -0.3 is 5.32 Å². The largest absolute Gasteiger partial charge is 0.333 e. The molecule has 192 valence electrons. The number of rotatable bonds is 5. The fraction of sp³-hybridized carbons (Fsp3) is 0.208. The van der Waals surface area contributed by atoms with E-state index in [1.54, 1.807) is 25.4 Å². The lowest BCUT2D eigenvalue weighted by molar-refractivity contribution is -0.117. The van der Waals surface area contributed by atoms with E-state index in [-0.39, 0.29) is 22.8 Å². The average molecular weight is 540 g/mol. The van der Waals surface area contributed by atoms with Crippen LogP contribution in [0.1, 0.15) is 42.8 Å². The van der Waals surface area contributed by atoms with Crippen molar-refractivity contribution in [1.82, 2.24) is 39.3 Å². The van der Waals surface area contributed by atoms with Crippen LogP contribution in [0.3, 0.4) is 0 Å². The van der Waals surface area contributed by atoms with Gasteiger partial charge in [0.05, 0.1) is 39.6 Å². The van der Waals surface area contributed by atoms with Gasteiger partial charge in [0.1, 0.15) is 5.69 Å². The summed E-state index contributed by atoms with van der Waals surface area (Å²) < 4.78 is 42.5. The molecule has 0 bridgehead atoms. The molecule has 0 aromatic carbocycles. The Morgan fingerprint density at radius 1 is 1.16 bits per heavy atom. The van der Waals surface area contributed by atoms with Crippen LogP contribution in [-0.4, -0.2) is 45.2 Å². The highest BCUT2D eigenvalue weighted by atomic mass is 35.5. The van der Waals surface area contributed by atoms with E-state index in [9.17, 15) is 18.0 Å². The van der Waals surface area contributed by atoms with Crippen LogP contribution in [0.5, 0.6) is 0 Å². The molecule has 5 aromatic rings. The van der Waals surface area contributed by atoms with E-state index >= 15 is 0 Å². The number of nitrogens with one attached hydrogen (secondary N) is 1. The maximum Gasteiger partial charge on any atom is 0.333 e. The van der Waals surface area contributed by atoms with Crippen molar-refractivity contribution in [1.29, 1.82) is 0 Å². The van der Waals surface area contributed by atoms with Gasteiger partial charge in [-0.2, -0.15) is 18.3 Å². The summed E-state index contributed by atoms with van der Waals surface area (Å²) in [4.78, 5) is 30.3. The number of amides is 1. The molecule has 5 aromatic heterocycles. The molecule has 0 saturated carbocycles. The van der Waals surface area contributed by atoms with E-state index in [2.05, 4.69) is 35.5 Å². The number of hydrogen-bond acceptors (Lipinski definition) is 7. The molecule has 6 rings (SSSR count). The fourth-order valence-electron chi connectivity index (χ4n) is 4.86. The Bertz CT molecular complexity index is 1690. The third kappa shape index (κ3) is 3.86. The highest BCUT2D eigenvalue weighted by molar-refractivity contribution is 6.33. The molecule has 0 fully saturated rings. The van der Waals surface area contributed by atoms with Crippen LogP contribution in [0.4, 0.5) is 18.9 Å². The highest BCUT2D eigenvalue weighted by Gasteiger charge is 2.48. The zero-order valence-corrected chi connectivity index (χ0v) is 20.3. The Kier molecular flexibility index (Phi) is 5.60. The average Bonchev–Trinajstić information content (AvgIpc) is 3.60. The van der Waals surface area contributed by atoms with Crippen LogP contribution in [0.2, 0.25) is 5.02 Å². The third-order valence-corrected chi connectivity index (χ3v) is 6.86. The Morgan fingerprint density at radius 3 is 2.66 bits per heavy atom. The van der Waals surface area contributed by atoms with Crippen LogP contribution in [0.15, 0.2) is 55.2 Å². The summed E-state index contributed by atoms with van der Waals surface area (Å²) in [6.07, 6.45) is 7.34. The molecule has 2 atom stereocenters. The first kappa shape index (κ1) is 24.0. The number of hydrogen-bond donors (Lipinski definition) is 1. The van der Waals surface area contributed by atoms with Gasteiger partial charge in [-0.3, -0.25) is 4.79 Å². The Hall–Kier alpha value is -4.39. The summed E-state index contributed by atoms with van der Waals surface area (Å²) in [5.74, 6) is -1.63. The van der Waals surface area contributed by atoms with Gasteiger partial charge >= 0.3 is 6.55 Å². The maximum absolute atomic E-state index is 14.1. The number of aromatic nitrogens is 8. The zero-order valence-electron chi connectivity index (χ0n) is 19.6. The summed E-state index contributed by atoms with van der Waals surface area (Å²) in [5.41, 5.74) is 1.05. The third-order valence-electron chi connectivity index (χ3n) is 6.57. The number of pyridine rings is 1. The Morgan fingerprint density at radius 2 is 1.95 bits per heavy atom. The van der Waals surface area contributed by atoms with E-state index in [1.807, 2.05) is 0 Å². The Balaban J connectivity index is 1.37. The fourth-order valence-corrected chi connectivity index (χ4v) is 5.11. The summed E-state index contributed by atoms with van der Waals surface area (Å²) >= 11 is 6.39. The number of anilines is 1. The monoisotopic (exact) mass is 539 g/mol. The molecule has 1 aliphatic rings. The minimum Gasteiger partial charge on any atom is -0.324 e. The van der Waals surface area contributed by atoms with Crippen LogP contribution >= 0.6 is 11.6 Å². The summed E-state index contributed by atoms with van der Waals surface area (Å²) in [7, 11) is 0. The lowest BCUT2D eigenvalue weighted by Gasteiger charge is -2.23. The lowest BCUT2D eigenvalue weighted by atomic mass is 9.82. The zero-order chi connectivity index (χ0) is 26.6. The number of carbonyl (C=O) groups is 1. The standard InChI is InChI=1S/C24H17ClF3N9O/c1-24(16-3-6-36(34-16)23(27)28)9-13(14-11-31-18-8-17(26)35-37(18)20(14)24)22(38)33-12-7-15(25)19(32-10-12)21-29-4-2-5-30-21/h2-8,10-11,13,23H,9H2,1H3,(H,33,38). The first-order chi connectivity index (χ1) is 18.2. The molecule has 10 nitrogen and oxygen atoms in total. The van der Waals surface area contributed by atoms with Crippen molar-refractivity contribution in [2.75, 3.05) is 5.32 Å². The van der Waals surface area contributed by atoms with E-state index in [4.69, 9.17) is 11.6 Å². The van der Waals surface area contributed by atoms with E-state index in [0.717, 1.165) is 12.3 Å². The molecule has 0 saturated heterocycles. The van der Waals surface area contributed by atoms with Gasteiger partial charge in [0.25, 0.3) is 0 Å². The quantitative estimate of drug-likeness (QED) is 0.352. The molecule has 1 aliphatic carbocycles. The molecule has 5 heterocycles. The van der Waals surface area contributed by atoms with Crippen LogP contribution in [0, 0.1) is 5.95 Å². The van der Waals surface area contributed by atoms with Gasteiger partial charge in [0.2, 0.25) is 11.9 Å². The predicted octanol–water partition coefficient (Wildman–Crippen LogP) is 4.40. The number of alkyl halides is 2. The van der Waals surface area contributed by atoms with E-state index in [1.165, 1.54) is 29.0 Å². The molecular weight excluding hydrogens is 523 g/mol. The number of carbonyl (C=O) groups excluding carboxylic acids is 1. The number of nitrogens with zero attached hydrogens (tertiary/aromatic N) is 8. The molecular formula is C24H17ClF3N9O. The van der Waals surface area contributed by atoms with Crippen molar-refractivity contribution in [3.63, 3.8) is 0 Å². The van der Waals surface area contributed by atoms with E-state index < -0.39 is 29.7 Å². The van der Waals surface area contributed by atoms with E-state index in [0.29, 0.717) is 33.1 Å². The SMILES string of the molecule is CC1(c2ccn(C(F)F)n2)CC(C(=O)Nc2cnc(-c3ncccn3)c(Cl)c2)c2cnc3cc(F)nn3c21. The van der Waals surface area contributed by atoms with Crippen LogP contribution in [0.25, 0.3) is 17.2 Å². The molecule has 1 N–H and O–H groups in total. The Labute approximate surface area is 217 Å². The van der Waals surface area contributed by atoms with Crippen molar-refractivity contribution < 1.29 is 18.0 Å².